The standard InChI is InChI=1S/C19H19ClO2/c1-2-14-5-8-19(20)16(11-14)12-15-3-6-17(7-4-15)22-18-9-10-21-13-18/h2-8,11,18H,1,9-10,12-13H2. The monoisotopic (exact) mass is 314 g/mol. The lowest BCUT2D eigenvalue weighted by molar-refractivity contribution is 0.141. The number of rotatable bonds is 5. The first kappa shape index (κ1) is 15.1. The van der Waals surface area contributed by atoms with Crippen LogP contribution in [0.15, 0.2) is 49.0 Å². The van der Waals surface area contributed by atoms with Crippen molar-refractivity contribution in [1.82, 2.24) is 0 Å². The maximum Gasteiger partial charge on any atom is 0.124 e. The molecule has 3 rings (SSSR count). The summed E-state index contributed by atoms with van der Waals surface area (Å²) in [5, 5.41) is 0.786. The van der Waals surface area contributed by atoms with E-state index in [2.05, 4.69) is 24.8 Å². The number of hydrogen-bond acceptors (Lipinski definition) is 2. The van der Waals surface area contributed by atoms with Crippen molar-refractivity contribution in [1.29, 1.82) is 0 Å². The molecule has 2 aromatic carbocycles. The third-order valence-corrected chi connectivity index (χ3v) is 4.18. The second-order valence-corrected chi connectivity index (χ2v) is 5.89. The molecular formula is C19H19ClO2. The molecule has 1 aliphatic rings. The highest BCUT2D eigenvalue weighted by molar-refractivity contribution is 6.31. The van der Waals surface area contributed by atoms with E-state index in [0.717, 1.165) is 41.3 Å². The van der Waals surface area contributed by atoms with E-state index in [-0.39, 0.29) is 6.10 Å². The molecule has 1 fully saturated rings. The average Bonchev–Trinajstić information content (AvgIpc) is 3.04. The zero-order valence-electron chi connectivity index (χ0n) is 12.4. The Morgan fingerprint density at radius 2 is 2.05 bits per heavy atom. The van der Waals surface area contributed by atoms with E-state index in [1.54, 1.807) is 0 Å². The second kappa shape index (κ2) is 6.99. The number of benzene rings is 2. The molecule has 0 aliphatic carbocycles. The van der Waals surface area contributed by atoms with Crippen molar-refractivity contribution in [3.63, 3.8) is 0 Å². The minimum atomic E-state index is 0.185. The molecule has 2 aromatic rings. The van der Waals surface area contributed by atoms with Crippen LogP contribution in [0, 0.1) is 0 Å². The van der Waals surface area contributed by atoms with Crippen LogP contribution in [-0.2, 0) is 11.2 Å². The van der Waals surface area contributed by atoms with Gasteiger partial charge in [-0.05, 0) is 47.4 Å². The van der Waals surface area contributed by atoms with E-state index in [9.17, 15) is 0 Å². The first-order valence-electron chi connectivity index (χ1n) is 7.49. The minimum Gasteiger partial charge on any atom is -0.488 e. The Kier molecular flexibility index (Phi) is 4.81. The highest BCUT2D eigenvalue weighted by atomic mass is 35.5. The van der Waals surface area contributed by atoms with E-state index in [1.807, 2.05) is 30.3 Å². The summed E-state index contributed by atoms with van der Waals surface area (Å²) in [4.78, 5) is 0. The molecule has 2 nitrogen and oxygen atoms in total. The second-order valence-electron chi connectivity index (χ2n) is 5.48. The molecule has 1 saturated heterocycles. The fourth-order valence-corrected chi connectivity index (χ4v) is 2.75. The molecule has 22 heavy (non-hydrogen) atoms. The van der Waals surface area contributed by atoms with Crippen molar-refractivity contribution in [3.05, 3.63) is 70.8 Å². The van der Waals surface area contributed by atoms with Gasteiger partial charge in [-0.1, -0.05) is 42.5 Å². The van der Waals surface area contributed by atoms with Crippen LogP contribution in [0.5, 0.6) is 5.75 Å². The maximum atomic E-state index is 6.27. The summed E-state index contributed by atoms with van der Waals surface area (Å²) >= 11 is 6.27. The quantitative estimate of drug-likeness (QED) is 0.793. The lowest BCUT2D eigenvalue weighted by Gasteiger charge is -2.12. The summed E-state index contributed by atoms with van der Waals surface area (Å²) in [5.41, 5.74) is 3.40. The van der Waals surface area contributed by atoms with Crippen LogP contribution >= 0.6 is 11.6 Å². The molecule has 0 radical (unpaired) electrons. The van der Waals surface area contributed by atoms with E-state index >= 15 is 0 Å². The SMILES string of the molecule is C=Cc1ccc(Cl)c(Cc2ccc(OC3CCOC3)cc2)c1. The van der Waals surface area contributed by atoms with Gasteiger partial charge in [0.05, 0.1) is 13.2 Å². The third-order valence-electron chi connectivity index (χ3n) is 3.81. The van der Waals surface area contributed by atoms with Gasteiger partial charge in [-0.3, -0.25) is 0 Å². The van der Waals surface area contributed by atoms with Crippen LogP contribution in [0.3, 0.4) is 0 Å². The van der Waals surface area contributed by atoms with Crippen LogP contribution in [0.1, 0.15) is 23.1 Å². The highest BCUT2D eigenvalue weighted by Crippen LogP contribution is 2.23. The molecule has 0 bridgehead atoms. The van der Waals surface area contributed by atoms with Gasteiger partial charge < -0.3 is 9.47 Å². The van der Waals surface area contributed by atoms with Gasteiger partial charge >= 0.3 is 0 Å². The van der Waals surface area contributed by atoms with Crippen molar-refractivity contribution < 1.29 is 9.47 Å². The average molecular weight is 315 g/mol. The largest absolute Gasteiger partial charge is 0.488 e. The Balaban J connectivity index is 1.69. The third kappa shape index (κ3) is 3.70. The lowest BCUT2D eigenvalue weighted by Crippen LogP contribution is -2.15. The summed E-state index contributed by atoms with van der Waals surface area (Å²) in [7, 11) is 0. The fourth-order valence-electron chi connectivity index (χ4n) is 2.56. The molecule has 1 heterocycles. The van der Waals surface area contributed by atoms with Gasteiger partial charge in [-0.2, -0.15) is 0 Å². The van der Waals surface area contributed by atoms with Gasteiger partial charge in [0, 0.05) is 11.4 Å². The van der Waals surface area contributed by atoms with Gasteiger partial charge in [0.25, 0.3) is 0 Å². The van der Waals surface area contributed by atoms with Crippen molar-refractivity contribution in [3.8, 4) is 5.75 Å². The van der Waals surface area contributed by atoms with Gasteiger partial charge in [-0.15, -0.1) is 0 Å². The van der Waals surface area contributed by atoms with Crippen LogP contribution in [0.4, 0.5) is 0 Å². The first-order chi connectivity index (χ1) is 10.7. The predicted octanol–water partition coefficient (Wildman–Crippen LogP) is 4.74. The smallest absolute Gasteiger partial charge is 0.124 e. The molecule has 114 valence electrons. The molecule has 1 unspecified atom stereocenters. The van der Waals surface area contributed by atoms with Gasteiger partial charge in [0.1, 0.15) is 11.9 Å². The van der Waals surface area contributed by atoms with Gasteiger partial charge in [0.15, 0.2) is 0 Å². The molecule has 0 aromatic heterocycles. The van der Waals surface area contributed by atoms with E-state index in [1.165, 1.54) is 5.56 Å². The van der Waals surface area contributed by atoms with Crippen molar-refractivity contribution in [2.75, 3.05) is 13.2 Å². The van der Waals surface area contributed by atoms with Crippen LogP contribution in [0.25, 0.3) is 6.08 Å². The van der Waals surface area contributed by atoms with E-state index < -0.39 is 0 Å². The summed E-state index contributed by atoms with van der Waals surface area (Å²) < 4.78 is 11.2. The zero-order chi connectivity index (χ0) is 15.4. The Hall–Kier alpha value is -1.77. The van der Waals surface area contributed by atoms with Gasteiger partial charge in [-0.25, -0.2) is 0 Å². The number of ether oxygens (including phenoxy) is 2. The Morgan fingerprint density at radius 3 is 2.73 bits per heavy atom. The molecule has 0 amide bonds. The molecule has 1 aliphatic heterocycles. The molecule has 3 heteroatoms. The Labute approximate surface area is 136 Å². The van der Waals surface area contributed by atoms with Crippen LogP contribution in [0.2, 0.25) is 5.02 Å². The van der Waals surface area contributed by atoms with E-state index in [0.29, 0.717) is 6.61 Å². The zero-order valence-corrected chi connectivity index (χ0v) is 13.2. The molecular weight excluding hydrogens is 296 g/mol. The minimum absolute atomic E-state index is 0.185. The van der Waals surface area contributed by atoms with Crippen molar-refractivity contribution in [2.24, 2.45) is 0 Å². The molecule has 1 atom stereocenters. The van der Waals surface area contributed by atoms with Crippen LogP contribution in [-0.4, -0.2) is 19.3 Å². The first-order valence-corrected chi connectivity index (χ1v) is 7.86. The topological polar surface area (TPSA) is 18.5 Å². The summed E-state index contributed by atoms with van der Waals surface area (Å²) in [6.07, 6.45) is 3.78. The fraction of sp³-hybridized carbons (Fsp3) is 0.263. The summed E-state index contributed by atoms with van der Waals surface area (Å²) in [6.45, 7) is 5.28. The number of halogens is 1. The molecule has 0 saturated carbocycles. The van der Waals surface area contributed by atoms with E-state index in [4.69, 9.17) is 21.1 Å². The van der Waals surface area contributed by atoms with Crippen LogP contribution < -0.4 is 4.74 Å². The Bertz CT molecular complexity index is 643. The van der Waals surface area contributed by atoms with Crippen molar-refractivity contribution in [2.45, 2.75) is 18.9 Å². The normalized spacial score (nSPS) is 17.4. The van der Waals surface area contributed by atoms with Gasteiger partial charge in [0.2, 0.25) is 0 Å². The highest BCUT2D eigenvalue weighted by Gasteiger charge is 2.16. The number of hydrogen-bond donors (Lipinski definition) is 0. The summed E-state index contributed by atoms with van der Waals surface area (Å²) in [6, 6.07) is 14.2. The predicted molar refractivity (Wildman–Crippen MR) is 90.6 cm³/mol. The molecule has 0 spiro atoms. The lowest BCUT2D eigenvalue weighted by atomic mass is 10.0. The Morgan fingerprint density at radius 1 is 1.23 bits per heavy atom. The van der Waals surface area contributed by atoms with Crippen molar-refractivity contribution >= 4 is 17.7 Å². The summed E-state index contributed by atoms with van der Waals surface area (Å²) in [5.74, 6) is 0.894. The molecule has 0 N–H and O–H groups in total. The maximum absolute atomic E-state index is 6.27.